The molecule has 0 radical (unpaired) electrons. The third kappa shape index (κ3) is 7.89. The van der Waals surface area contributed by atoms with Gasteiger partial charge in [-0.2, -0.15) is 12.1 Å². The average Bonchev–Trinajstić information content (AvgIpc) is 3.97. The summed E-state index contributed by atoms with van der Waals surface area (Å²) in [5.74, 6) is 1.94. The first-order valence-corrected chi connectivity index (χ1v) is 22.9. The molecule has 0 unspecified atom stereocenters. The fourth-order valence-corrected chi connectivity index (χ4v) is 9.22. The van der Waals surface area contributed by atoms with Crippen LogP contribution in [0.1, 0.15) is 79.0 Å². The van der Waals surface area contributed by atoms with Crippen molar-refractivity contribution >= 4 is 66.5 Å². The van der Waals surface area contributed by atoms with Gasteiger partial charge >= 0.3 is 0 Å². The van der Waals surface area contributed by atoms with Crippen molar-refractivity contribution in [2.45, 2.75) is 78.6 Å². The molecule has 0 atom stereocenters. The smallest absolute Gasteiger partial charge is 0.136 e. The molecule has 1 aliphatic heterocycles. The molecule has 4 heterocycles. The minimum absolute atomic E-state index is 0. The zero-order chi connectivity index (χ0) is 45.7. The molecular formula is C60H53N4O2Pt-3. The quantitative estimate of drug-likeness (QED) is 0.155. The topological polar surface area (TPSA) is 46.7 Å². The van der Waals surface area contributed by atoms with Crippen LogP contribution in [0.15, 0.2) is 156 Å². The van der Waals surface area contributed by atoms with Gasteiger partial charge in [0.05, 0.1) is 10.9 Å². The Morgan fingerprint density at radius 2 is 1.28 bits per heavy atom. The van der Waals surface area contributed by atoms with Crippen molar-refractivity contribution in [2.75, 3.05) is 9.80 Å². The van der Waals surface area contributed by atoms with Gasteiger partial charge in [-0.1, -0.05) is 146 Å². The minimum atomic E-state index is -0.0793. The van der Waals surface area contributed by atoms with Gasteiger partial charge in [0, 0.05) is 55.8 Å². The first-order chi connectivity index (χ1) is 31.6. The Morgan fingerprint density at radius 1 is 0.567 bits per heavy atom. The summed E-state index contributed by atoms with van der Waals surface area (Å²) in [7, 11) is 0. The van der Waals surface area contributed by atoms with Crippen molar-refractivity contribution in [3.05, 3.63) is 187 Å². The van der Waals surface area contributed by atoms with Crippen LogP contribution in [0.4, 0.5) is 22.7 Å². The molecule has 11 rings (SSSR count). The molecule has 0 fully saturated rings. The number of hydrogen-bond donors (Lipinski definition) is 0. The van der Waals surface area contributed by atoms with Gasteiger partial charge < -0.3 is 23.5 Å². The largest absolute Gasteiger partial charge is 0.509 e. The Hall–Kier alpha value is -6.62. The number of nitrogens with zero attached hydrogens (tertiary/aromatic N) is 4. The molecule has 7 aromatic carbocycles. The number of anilines is 4. The second-order valence-electron chi connectivity index (χ2n) is 20.7. The van der Waals surface area contributed by atoms with Gasteiger partial charge in [-0.15, -0.1) is 42.7 Å². The number of benzene rings is 7. The maximum Gasteiger partial charge on any atom is 0.136 e. The van der Waals surface area contributed by atoms with Gasteiger partial charge in [-0.25, -0.2) is 4.98 Å². The van der Waals surface area contributed by atoms with Gasteiger partial charge in [-0.05, 0) is 97.3 Å². The molecule has 7 heteroatoms. The summed E-state index contributed by atoms with van der Waals surface area (Å²) in [6.07, 6.45) is 1.90. The molecule has 0 bridgehead atoms. The molecule has 6 nitrogen and oxygen atoms in total. The van der Waals surface area contributed by atoms with Crippen molar-refractivity contribution < 1.29 is 30.2 Å². The first-order valence-electron chi connectivity index (χ1n) is 22.9. The van der Waals surface area contributed by atoms with E-state index in [0.29, 0.717) is 11.5 Å². The predicted molar refractivity (Wildman–Crippen MR) is 273 cm³/mol. The van der Waals surface area contributed by atoms with Crippen molar-refractivity contribution in [1.82, 2.24) is 9.55 Å². The van der Waals surface area contributed by atoms with Crippen LogP contribution >= 0.6 is 0 Å². The molecular weight excluding hydrogens is 1000 g/mol. The summed E-state index contributed by atoms with van der Waals surface area (Å²) in [4.78, 5) is 9.52. The molecule has 10 aromatic rings. The van der Waals surface area contributed by atoms with Crippen LogP contribution in [0.5, 0.6) is 11.5 Å². The van der Waals surface area contributed by atoms with Crippen molar-refractivity contribution in [3.63, 3.8) is 0 Å². The van der Waals surface area contributed by atoms with E-state index in [1.807, 2.05) is 24.4 Å². The number of rotatable bonds is 6. The van der Waals surface area contributed by atoms with E-state index < -0.39 is 0 Å². The summed E-state index contributed by atoms with van der Waals surface area (Å²) in [6.45, 7) is 22.6. The van der Waals surface area contributed by atoms with Crippen molar-refractivity contribution in [1.29, 1.82) is 0 Å². The maximum absolute atomic E-state index is 6.74. The fraction of sp³-hybridized carbons (Fsp3) is 0.200. The van der Waals surface area contributed by atoms with Crippen LogP contribution in [-0.2, 0) is 37.3 Å². The van der Waals surface area contributed by atoms with Gasteiger partial charge in [0.15, 0.2) is 0 Å². The van der Waals surface area contributed by atoms with E-state index in [0.717, 1.165) is 77.9 Å². The Labute approximate surface area is 408 Å². The van der Waals surface area contributed by atoms with E-state index in [-0.39, 0.29) is 37.3 Å². The first kappa shape index (κ1) is 44.2. The molecule has 0 spiro atoms. The fourth-order valence-electron chi connectivity index (χ4n) is 9.22. The van der Waals surface area contributed by atoms with Crippen LogP contribution in [0.2, 0.25) is 0 Å². The molecule has 3 aromatic heterocycles. The second-order valence-corrected chi connectivity index (χ2v) is 20.7. The zero-order valence-electron chi connectivity index (χ0n) is 39.4. The van der Waals surface area contributed by atoms with E-state index in [4.69, 9.17) is 14.1 Å². The summed E-state index contributed by atoms with van der Waals surface area (Å²) in [5, 5.41) is 4.25. The molecule has 1 aliphatic rings. The predicted octanol–water partition coefficient (Wildman–Crippen LogP) is 16.4. The van der Waals surface area contributed by atoms with Crippen LogP contribution < -0.4 is 14.5 Å². The summed E-state index contributed by atoms with van der Waals surface area (Å²) in [5.41, 5.74) is 13.5. The van der Waals surface area contributed by atoms with Crippen LogP contribution in [0.25, 0.3) is 60.7 Å². The number of fused-ring (bicyclic) bond motifs is 8. The Morgan fingerprint density at radius 3 is 2.03 bits per heavy atom. The normalized spacial score (nSPS) is 13.2. The molecule has 0 aliphatic carbocycles. The number of furan rings is 1. The minimum Gasteiger partial charge on any atom is -0.509 e. The van der Waals surface area contributed by atoms with Gasteiger partial charge in [0.1, 0.15) is 17.0 Å². The molecule has 0 amide bonds. The Bertz CT molecular complexity index is 3480. The second kappa shape index (κ2) is 16.3. The Kier molecular flexibility index (Phi) is 10.8. The van der Waals surface area contributed by atoms with Gasteiger partial charge in [0.25, 0.3) is 0 Å². The van der Waals surface area contributed by atoms with E-state index in [1.165, 1.54) is 22.3 Å². The average molecular weight is 1060 g/mol. The molecule has 338 valence electrons. The third-order valence-electron chi connectivity index (χ3n) is 13.0. The Balaban J connectivity index is 0.00000525. The standard InChI is InChI=1S/C60H53N4O2.Pt/c1-58(2,3)41-28-29-61-54(34-41)64-51-36-47(24-25-49(51)57-56(64)55-48-21-14-13-18-39(48)23-27-53(55)66-57)65-46-20-15-19-44(35-46)62-37-63(45-32-42(59(4,5)6)31-43(33-45)60(7,8)9)52-30-40(22-26-50(52)62)38-16-11-10-12-17-38;/h10-34,37H,1-9H3;/q-3;. The summed E-state index contributed by atoms with van der Waals surface area (Å²) >= 11 is 0. The van der Waals surface area contributed by atoms with Crippen LogP contribution in [0.3, 0.4) is 0 Å². The summed E-state index contributed by atoms with van der Waals surface area (Å²) < 4.78 is 15.7. The molecule has 0 N–H and O–H groups in total. The van der Waals surface area contributed by atoms with E-state index in [2.05, 4.69) is 223 Å². The summed E-state index contributed by atoms with van der Waals surface area (Å²) in [6, 6.07) is 58.7. The number of aromatic nitrogens is 2. The zero-order valence-corrected chi connectivity index (χ0v) is 41.7. The van der Waals surface area contributed by atoms with E-state index in [1.54, 1.807) is 0 Å². The van der Waals surface area contributed by atoms with E-state index >= 15 is 0 Å². The van der Waals surface area contributed by atoms with Gasteiger partial charge in [-0.3, -0.25) is 0 Å². The molecule has 67 heavy (non-hydrogen) atoms. The molecule has 0 saturated carbocycles. The molecule has 0 saturated heterocycles. The SMILES string of the molecule is CC(C)(C)c1cc(N2[CH-]N(c3[c-]c(Oc4[c-]c5c(cc4)c4oc6ccc7ccccc7c6c4n5-c4cc(C(C)(C)C)ccn4)ccc3)c3ccc(-c4ccccc4)cc32)cc(C(C)(C)C)c1.[Pt]. The monoisotopic (exact) mass is 1060 g/mol. The van der Waals surface area contributed by atoms with Crippen molar-refractivity contribution in [3.8, 4) is 28.4 Å². The van der Waals surface area contributed by atoms with Crippen molar-refractivity contribution in [2.24, 2.45) is 0 Å². The van der Waals surface area contributed by atoms with Crippen LogP contribution in [-0.4, -0.2) is 9.55 Å². The van der Waals surface area contributed by atoms with Gasteiger partial charge in [0.2, 0.25) is 0 Å². The number of pyridine rings is 1. The van der Waals surface area contributed by atoms with Crippen LogP contribution in [0, 0.1) is 18.8 Å². The number of ether oxygens (including phenoxy) is 1. The van der Waals surface area contributed by atoms with E-state index in [9.17, 15) is 0 Å². The number of hydrogen-bond acceptors (Lipinski definition) is 5. The maximum atomic E-state index is 6.74. The third-order valence-corrected chi connectivity index (χ3v) is 13.0.